The normalized spacial score (nSPS) is 22.9. The standard InChI is InChI=1S/C11H12BrN5O2/c12-7-3-8(13-4-7)11(19)16-5-9(10(18)6-16)17-2-1-14-15-17/h1-4,9-10,13,18H,5-6H2/t9-,10-/m1/s1. The molecule has 0 saturated carbocycles. The molecule has 0 bridgehead atoms. The Morgan fingerprint density at radius 1 is 1.53 bits per heavy atom. The molecule has 1 saturated heterocycles. The quantitative estimate of drug-likeness (QED) is 0.838. The molecule has 100 valence electrons. The summed E-state index contributed by atoms with van der Waals surface area (Å²) in [5, 5.41) is 17.6. The number of aromatic amines is 1. The van der Waals surface area contributed by atoms with Gasteiger partial charge in [-0.3, -0.25) is 4.79 Å². The maximum absolute atomic E-state index is 12.2. The molecule has 8 heteroatoms. The van der Waals surface area contributed by atoms with Crippen molar-refractivity contribution < 1.29 is 9.90 Å². The van der Waals surface area contributed by atoms with Crippen molar-refractivity contribution in [3.8, 4) is 0 Å². The van der Waals surface area contributed by atoms with E-state index in [0.717, 1.165) is 4.47 Å². The van der Waals surface area contributed by atoms with Crippen molar-refractivity contribution in [2.24, 2.45) is 0 Å². The Kier molecular flexibility index (Phi) is 3.11. The van der Waals surface area contributed by atoms with Crippen LogP contribution in [0.15, 0.2) is 29.1 Å². The van der Waals surface area contributed by atoms with Crippen molar-refractivity contribution in [1.29, 1.82) is 0 Å². The molecule has 19 heavy (non-hydrogen) atoms. The zero-order chi connectivity index (χ0) is 13.4. The Morgan fingerprint density at radius 2 is 2.37 bits per heavy atom. The molecule has 1 fully saturated rings. The Labute approximate surface area is 117 Å². The number of rotatable bonds is 2. The third kappa shape index (κ3) is 2.28. The fraction of sp³-hybridized carbons (Fsp3) is 0.364. The molecule has 2 atom stereocenters. The van der Waals surface area contributed by atoms with Crippen molar-refractivity contribution >= 4 is 21.8 Å². The number of nitrogens with one attached hydrogen (secondary N) is 1. The molecule has 3 rings (SSSR count). The number of H-pyrrole nitrogens is 1. The summed E-state index contributed by atoms with van der Waals surface area (Å²) in [7, 11) is 0. The van der Waals surface area contributed by atoms with E-state index in [1.165, 1.54) is 0 Å². The monoisotopic (exact) mass is 325 g/mol. The molecule has 2 N–H and O–H groups in total. The lowest BCUT2D eigenvalue weighted by molar-refractivity contribution is 0.0759. The van der Waals surface area contributed by atoms with Crippen LogP contribution in [-0.2, 0) is 0 Å². The molecular weight excluding hydrogens is 314 g/mol. The van der Waals surface area contributed by atoms with Gasteiger partial charge in [0.25, 0.3) is 5.91 Å². The summed E-state index contributed by atoms with van der Waals surface area (Å²) in [6, 6.07) is 1.47. The number of hydrogen-bond acceptors (Lipinski definition) is 4. The third-order valence-electron chi connectivity index (χ3n) is 3.21. The summed E-state index contributed by atoms with van der Waals surface area (Å²) < 4.78 is 2.41. The van der Waals surface area contributed by atoms with E-state index in [0.29, 0.717) is 18.8 Å². The first-order valence-corrected chi connectivity index (χ1v) is 6.61. The maximum Gasteiger partial charge on any atom is 0.270 e. The Hall–Kier alpha value is -1.67. The minimum absolute atomic E-state index is 0.132. The van der Waals surface area contributed by atoms with Crippen LogP contribution < -0.4 is 0 Å². The number of amides is 1. The van der Waals surface area contributed by atoms with Crippen molar-refractivity contribution in [3.05, 3.63) is 34.8 Å². The lowest BCUT2D eigenvalue weighted by atomic mass is 10.2. The van der Waals surface area contributed by atoms with Crippen LogP contribution in [0.25, 0.3) is 0 Å². The van der Waals surface area contributed by atoms with Crippen LogP contribution in [0.3, 0.4) is 0 Å². The van der Waals surface area contributed by atoms with Gasteiger partial charge in [-0.05, 0) is 22.0 Å². The molecule has 0 unspecified atom stereocenters. The van der Waals surface area contributed by atoms with E-state index in [-0.39, 0.29) is 11.9 Å². The molecule has 0 aliphatic carbocycles. The van der Waals surface area contributed by atoms with Gasteiger partial charge in [-0.1, -0.05) is 5.21 Å². The highest BCUT2D eigenvalue weighted by Gasteiger charge is 2.36. The van der Waals surface area contributed by atoms with Gasteiger partial charge in [0.15, 0.2) is 0 Å². The SMILES string of the molecule is O=C(c1cc(Br)c[nH]1)N1C[C@@H](O)[C@H](n2ccnn2)C1. The summed E-state index contributed by atoms with van der Waals surface area (Å²) in [6.07, 6.45) is 4.31. The molecule has 0 radical (unpaired) electrons. The number of carbonyl (C=O) groups is 1. The predicted molar refractivity (Wildman–Crippen MR) is 69.5 cm³/mol. The number of likely N-dealkylation sites (tertiary alicyclic amines) is 1. The van der Waals surface area contributed by atoms with Crippen LogP contribution >= 0.6 is 15.9 Å². The molecule has 1 aliphatic heterocycles. The van der Waals surface area contributed by atoms with E-state index in [4.69, 9.17) is 0 Å². The summed E-state index contributed by atoms with van der Waals surface area (Å²) in [5.74, 6) is -0.132. The number of aromatic nitrogens is 4. The highest BCUT2D eigenvalue weighted by molar-refractivity contribution is 9.10. The molecule has 0 spiro atoms. The zero-order valence-electron chi connectivity index (χ0n) is 9.90. The third-order valence-corrected chi connectivity index (χ3v) is 3.66. The lowest BCUT2D eigenvalue weighted by Crippen LogP contribution is -2.29. The van der Waals surface area contributed by atoms with E-state index >= 15 is 0 Å². The first-order chi connectivity index (χ1) is 9.15. The van der Waals surface area contributed by atoms with Gasteiger partial charge in [0.1, 0.15) is 5.69 Å². The predicted octanol–water partition coefficient (Wildman–Crippen LogP) is 0.427. The van der Waals surface area contributed by atoms with E-state index in [1.807, 2.05) is 0 Å². The van der Waals surface area contributed by atoms with Gasteiger partial charge in [-0.2, -0.15) is 0 Å². The van der Waals surface area contributed by atoms with Gasteiger partial charge in [-0.25, -0.2) is 4.68 Å². The van der Waals surface area contributed by atoms with Gasteiger partial charge in [0, 0.05) is 30.0 Å². The largest absolute Gasteiger partial charge is 0.389 e. The molecule has 7 nitrogen and oxygen atoms in total. The highest BCUT2D eigenvalue weighted by atomic mass is 79.9. The highest BCUT2D eigenvalue weighted by Crippen LogP contribution is 2.23. The lowest BCUT2D eigenvalue weighted by Gasteiger charge is -2.14. The topological polar surface area (TPSA) is 87.0 Å². The number of carbonyl (C=O) groups excluding carboxylic acids is 1. The van der Waals surface area contributed by atoms with Crippen molar-refractivity contribution in [2.75, 3.05) is 13.1 Å². The second kappa shape index (κ2) is 4.78. The van der Waals surface area contributed by atoms with Crippen LogP contribution in [0.2, 0.25) is 0 Å². The smallest absolute Gasteiger partial charge is 0.270 e. The van der Waals surface area contributed by atoms with Crippen molar-refractivity contribution in [2.45, 2.75) is 12.1 Å². The number of aliphatic hydroxyl groups is 1. The van der Waals surface area contributed by atoms with Gasteiger partial charge in [0.2, 0.25) is 0 Å². The van der Waals surface area contributed by atoms with Crippen LogP contribution in [0.4, 0.5) is 0 Å². The van der Waals surface area contributed by atoms with Gasteiger partial charge < -0.3 is 15.0 Å². The minimum atomic E-state index is -0.635. The van der Waals surface area contributed by atoms with Gasteiger partial charge >= 0.3 is 0 Å². The zero-order valence-corrected chi connectivity index (χ0v) is 11.5. The number of aliphatic hydroxyl groups excluding tert-OH is 1. The number of β-amino-alcohol motifs (C(OH)–C–C–N with tert-alkyl or cyclic N) is 1. The summed E-state index contributed by atoms with van der Waals surface area (Å²) in [5.41, 5.74) is 0.498. The summed E-state index contributed by atoms with van der Waals surface area (Å²) >= 11 is 3.29. The fourth-order valence-corrected chi connectivity index (χ4v) is 2.59. The summed E-state index contributed by atoms with van der Waals surface area (Å²) in [4.78, 5) is 16.7. The maximum atomic E-state index is 12.2. The van der Waals surface area contributed by atoms with Crippen LogP contribution in [-0.4, -0.2) is 55.1 Å². The molecule has 2 aromatic heterocycles. The second-order valence-electron chi connectivity index (χ2n) is 4.46. The molecule has 2 aromatic rings. The molecule has 1 amide bonds. The van der Waals surface area contributed by atoms with E-state index in [1.54, 1.807) is 34.2 Å². The first-order valence-electron chi connectivity index (χ1n) is 5.82. The van der Waals surface area contributed by atoms with Crippen molar-refractivity contribution in [1.82, 2.24) is 24.9 Å². The Morgan fingerprint density at radius 3 is 3.00 bits per heavy atom. The number of hydrogen-bond donors (Lipinski definition) is 2. The molecular formula is C11H12BrN5O2. The van der Waals surface area contributed by atoms with E-state index in [2.05, 4.69) is 31.2 Å². The molecule has 1 aliphatic rings. The average Bonchev–Trinajstić information content (AvgIpc) is 3.07. The van der Waals surface area contributed by atoms with E-state index in [9.17, 15) is 9.90 Å². The molecule has 3 heterocycles. The number of nitrogens with zero attached hydrogens (tertiary/aromatic N) is 4. The van der Waals surface area contributed by atoms with Crippen LogP contribution in [0, 0.1) is 0 Å². The van der Waals surface area contributed by atoms with Gasteiger partial charge in [0.05, 0.1) is 18.3 Å². The second-order valence-corrected chi connectivity index (χ2v) is 5.38. The van der Waals surface area contributed by atoms with Crippen LogP contribution in [0.5, 0.6) is 0 Å². The molecule has 0 aromatic carbocycles. The first kappa shape index (κ1) is 12.4. The Bertz CT molecular complexity index is 582. The van der Waals surface area contributed by atoms with Crippen molar-refractivity contribution in [3.63, 3.8) is 0 Å². The fourth-order valence-electron chi connectivity index (χ4n) is 2.25. The number of halogens is 1. The van der Waals surface area contributed by atoms with E-state index < -0.39 is 6.10 Å². The summed E-state index contributed by atoms with van der Waals surface area (Å²) in [6.45, 7) is 0.708. The Balaban J connectivity index is 1.76. The van der Waals surface area contributed by atoms with Crippen LogP contribution in [0.1, 0.15) is 16.5 Å². The average molecular weight is 326 g/mol. The minimum Gasteiger partial charge on any atom is -0.389 e. The van der Waals surface area contributed by atoms with Gasteiger partial charge in [-0.15, -0.1) is 5.10 Å².